The smallest absolute Gasteiger partial charge is 0.231 e. The van der Waals surface area contributed by atoms with E-state index in [-0.39, 0.29) is 17.9 Å². The second-order valence-corrected chi connectivity index (χ2v) is 5.13. The van der Waals surface area contributed by atoms with Crippen LogP contribution in [0, 0.1) is 9.49 Å². The molecule has 4 heteroatoms. The molecule has 3 N–H and O–H groups in total. The number of nitrogens with two attached hydrogens (primary N) is 1. The third kappa shape index (κ3) is 2.82. The van der Waals surface area contributed by atoms with Gasteiger partial charge in [-0.15, -0.1) is 0 Å². The molecule has 3 nitrogen and oxygen atoms in total. The van der Waals surface area contributed by atoms with Gasteiger partial charge in [-0.25, -0.2) is 0 Å². The van der Waals surface area contributed by atoms with Gasteiger partial charge in [0.1, 0.15) is 0 Å². The molecule has 0 fully saturated rings. The van der Waals surface area contributed by atoms with Crippen molar-refractivity contribution in [3.05, 3.63) is 40.0 Å². The molecule has 0 aliphatic heterocycles. The summed E-state index contributed by atoms with van der Waals surface area (Å²) in [6.45, 7) is 0. The van der Waals surface area contributed by atoms with E-state index < -0.39 is 0 Å². The number of hydrogen-bond donors (Lipinski definition) is 2. The highest BCUT2D eigenvalue weighted by Crippen LogP contribution is 2.19. The van der Waals surface area contributed by atoms with Crippen LogP contribution in [0.1, 0.15) is 6.42 Å². The SMILES string of the molecule is NC1C=CC(C(=O)Nc2ccc(I)cc2)C1. The highest BCUT2D eigenvalue weighted by atomic mass is 127. The molecule has 1 aromatic carbocycles. The molecule has 0 spiro atoms. The Bertz CT molecular complexity index is 414. The first-order valence-electron chi connectivity index (χ1n) is 5.15. The lowest BCUT2D eigenvalue weighted by Crippen LogP contribution is -2.23. The van der Waals surface area contributed by atoms with Gasteiger partial charge in [-0.2, -0.15) is 0 Å². The number of amides is 1. The first-order chi connectivity index (χ1) is 7.65. The van der Waals surface area contributed by atoms with Crippen LogP contribution in [0.3, 0.4) is 0 Å². The Balaban J connectivity index is 1.97. The fourth-order valence-corrected chi connectivity index (χ4v) is 2.05. The van der Waals surface area contributed by atoms with Gasteiger partial charge < -0.3 is 11.1 Å². The average Bonchev–Trinajstić information content (AvgIpc) is 2.68. The van der Waals surface area contributed by atoms with Gasteiger partial charge in [0.05, 0.1) is 5.92 Å². The molecule has 0 heterocycles. The Morgan fingerprint density at radius 2 is 2.00 bits per heavy atom. The topological polar surface area (TPSA) is 55.1 Å². The van der Waals surface area contributed by atoms with Crippen molar-refractivity contribution in [3.63, 3.8) is 0 Å². The van der Waals surface area contributed by atoms with Crippen molar-refractivity contribution in [2.45, 2.75) is 12.5 Å². The minimum Gasteiger partial charge on any atom is -0.326 e. The first-order valence-corrected chi connectivity index (χ1v) is 6.23. The largest absolute Gasteiger partial charge is 0.326 e. The summed E-state index contributed by atoms with van der Waals surface area (Å²) in [7, 11) is 0. The van der Waals surface area contributed by atoms with Crippen molar-refractivity contribution in [3.8, 4) is 0 Å². The van der Waals surface area contributed by atoms with Gasteiger partial charge >= 0.3 is 0 Å². The summed E-state index contributed by atoms with van der Waals surface area (Å²) in [4.78, 5) is 11.8. The molecule has 2 rings (SSSR count). The van der Waals surface area contributed by atoms with E-state index in [9.17, 15) is 4.79 Å². The molecular formula is C12H13IN2O. The summed E-state index contributed by atoms with van der Waals surface area (Å²) in [5.74, 6) is -0.0697. The molecule has 2 unspecified atom stereocenters. The van der Waals surface area contributed by atoms with Crippen LogP contribution in [0.2, 0.25) is 0 Å². The van der Waals surface area contributed by atoms with E-state index in [1.807, 2.05) is 36.4 Å². The molecule has 84 valence electrons. The van der Waals surface area contributed by atoms with Crippen molar-refractivity contribution in [2.24, 2.45) is 11.7 Å². The third-order valence-corrected chi connectivity index (χ3v) is 3.28. The van der Waals surface area contributed by atoms with Gasteiger partial charge in [-0.05, 0) is 53.3 Å². The normalized spacial score (nSPS) is 23.4. The fourth-order valence-electron chi connectivity index (χ4n) is 1.69. The third-order valence-electron chi connectivity index (χ3n) is 2.57. The molecule has 1 aliphatic carbocycles. The molecule has 2 atom stereocenters. The molecule has 16 heavy (non-hydrogen) atoms. The van der Waals surface area contributed by atoms with Gasteiger partial charge in [0.2, 0.25) is 5.91 Å². The van der Waals surface area contributed by atoms with Gasteiger partial charge in [0.25, 0.3) is 0 Å². The van der Waals surface area contributed by atoms with E-state index >= 15 is 0 Å². The average molecular weight is 328 g/mol. The summed E-state index contributed by atoms with van der Waals surface area (Å²) in [6, 6.07) is 7.75. The lowest BCUT2D eigenvalue weighted by molar-refractivity contribution is -0.118. The Kier molecular flexibility index (Phi) is 3.60. The highest BCUT2D eigenvalue weighted by molar-refractivity contribution is 14.1. The molecule has 0 radical (unpaired) electrons. The van der Waals surface area contributed by atoms with Crippen LogP contribution in [-0.2, 0) is 4.79 Å². The highest BCUT2D eigenvalue weighted by Gasteiger charge is 2.22. The van der Waals surface area contributed by atoms with Crippen molar-refractivity contribution in [2.75, 3.05) is 5.32 Å². The predicted molar refractivity (Wildman–Crippen MR) is 73.0 cm³/mol. The van der Waals surface area contributed by atoms with Crippen molar-refractivity contribution < 1.29 is 4.79 Å². The summed E-state index contributed by atoms with van der Waals surface area (Å²) in [5, 5.41) is 2.88. The molecular weight excluding hydrogens is 315 g/mol. The molecule has 1 aliphatic rings. The minimum absolute atomic E-state index is 0.0189. The Morgan fingerprint density at radius 3 is 2.56 bits per heavy atom. The van der Waals surface area contributed by atoms with E-state index in [0.717, 1.165) is 9.26 Å². The van der Waals surface area contributed by atoms with Gasteiger partial charge in [-0.3, -0.25) is 4.79 Å². The molecule has 1 aromatic rings. The lowest BCUT2D eigenvalue weighted by Gasteiger charge is -2.10. The zero-order valence-electron chi connectivity index (χ0n) is 8.69. The van der Waals surface area contributed by atoms with Crippen LogP contribution in [0.4, 0.5) is 5.69 Å². The monoisotopic (exact) mass is 328 g/mol. The first kappa shape index (κ1) is 11.6. The quantitative estimate of drug-likeness (QED) is 0.646. The number of nitrogens with one attached hydrogen (secondary N) is 1. The van der Waals surface area contributed by atoms with Crippen LogP contribution in [0.15, 0.2) is 36.4 Å². The Labute approximate surface area is 108 Å². The van der Waals surface area contributed by atoms with Gasteiger partial charge in [0.15, 0.2) is 0 Å². The summed E-state index contributed by atoms with van der Waals surface area (Å²) >= 11 is 2.23. The Morgan fingerprint density at radius 1 is 1.31 bits per heavy atom. The van der Waals surface area contributed by atoms with Crippen LogP contribution in [0.5, 0.6) is 0 Å². The predicted octanol–water partition coefficient (Wildman–Crippen LogP) is 2.13. The number of benzene rings is 1. The summed E-state index contributed by atoms with van der Waals surface area (Å²) in [5.41, 5.74) is 6.54. The second kappa shape index (κ2) is 4.97. The second-order valence-electron chi connectivity index (χ2n) is 3.89. The maximum atomic E-state index is 11.8. The fraction of sp³-hybridized carbons (Fsp3) is 0.250. The van der Waals surface area contributed by atoms with Crippen molar-refractivity contribution in [1.29, 1.82) is 0 Å². The number of rotatable bonds is 2. The standard InChI is InChI=1S/C12H13IN2O/c13-9-2-5-11(6-3-9)15-12(16)8-1-4-10(14)7-8/h1-6,8,10H,7,14H2,(H,15,16). The van der Waals surface area contributed by atoms with Gasteiger partial charge in [0, 0.05) is 15.3 Å². The number of hydrogen-bond acceptors (Lipinski definition) is 2. The zero-order valence-corrected chi connectivity index (χ0v) is 10.8. The summed E-state index contributed by atoms with van der Waals surface area (Å²) in [6.07, 6.45) is 4.47. The number of carbonyl (C=O) groups excluding carboxylic acids is 1. The van der Waals surface area contributed by atoms with E-state index in [2.05, 4.69) is 27.9 Å². The van der Waals surface area contributed by atoms with E-state index in [1.54, 1.807) is 0 Å². The van der Waals surface area contributed by atoms with Crippen LogP contribution < -0.4 is 11.1 Å². The Hall–Kier alpha value is -0.880. The molecule has 0 saturated heterocycles. The van der Waals surface area contributed by atoms with Crippen LogP contribution >= 0.6 is 22.6 Å². The van der Waals surface area contributed by atoms with Crippen molar-refractivity contribution in [1.82, 2.24) is 0 Å². The van der Waals surface area contributed by atoms with E-state index in [4.69, 9.17) is 5.73 Å². The summed E-state index contributed by atoms with van der Waals surface area (Å²) < 4.78 is 1.15. The minimum atomic E-state index is -0.0886. The van der Waals surface area contributed by atoms with Crippen LogP contribution in [0.25, 0.3) is 0 Å². The molecule has 0 bridgehead atoms. The van der Waals surface area contributed by atoms with Gasteiger partial charge in [-0.1, -0.05) is 12.2 Å². The molecule has 0 aromatic heterocycles. The number of carbonyl (C=O) groups is 1. The van der Waals surface area contributed by atoms with E-state index in [0.29, 0.717) is 6.42 Å². The van der Waals surface area contributed by atoms with Crippen LogP contribution in [-0.4, -0.2) is 11.9 Å². The van der Waals surface area contributed by atoms with E-state index in [1.165, 1.54) is 0 Å². The maximum Gasteiger partial charge on any atom is 0.231 e. The number of anilines is 1. The number of halogens is 1. The molecule has 0 saturated carbocycles. The lowest BCUT2D eigenvalue weighted by atomic mass is 10.1. The maximum absolute atomic E-state index is 11.8. The molecule has 1 amide bonds. The zero-order chi connectivity index (χ0) is 11.5. The van der Waals surface area contributed by atoms with Crippen molar-refractivity contribution >= 4 is 34.2 Å².